The summed E-state index contributed by atoms with van der Waals surface area (Å²) in [6, 6.07) is -0.963. The van der Waals surface area contributed by atoms with Crippen molar-refractivity contribution in [3.05, 3.63) is 10.4 Å². The Hall–Kier alpha value is -1.90. The van der Waals surface area contributed by atoms with Gasteiger partial charge in [0.05, 0.1) is 12.6 Å². The minimum atomic E-state index is -1.15. The van der Waals surface area contributed by atoms with Crippen LogP contribution in [0.25, 0.3) is 10.4 Å². The molecule has 0 radical (unpaired) electrons. The molecule has 0 rings (SSSR count). The summed E-state index contributed by atoms with van der Waals surface area (Å²) in [7, 11) is 0. The molecule has 0 aliphatic carbocycles. The van der Waals surface area contributed by atoms with Crippen molar-refractivity contribution in [1.82, 2.24) is 5.32 Å². The molecular weight excluding hydrogens is 224 g/mol. The first-order chi connectivity index (χ1) is 7.80. The maximum atomic E-state index is 11.4. The molecule has 0 aliphatic rings. The number of nitrogens with zero attached hydrogens (tertiary/aromatic N) is 3. The third-order valence-corrected chi connectivity index (χ3v) is 1.57. The van der Waals surface area contributed by atoms with Crippen molar-refractivity contribution >= 4 is 6.09 Å². The van der Waals surface area contributed by atoms with Crippen molar-refractivity contribution in [3.63, 3.8) is 0 Å². The van der Waals surface area contributed by atoms with Gasteiger partial charge in [0.15, 0.2) is 0 Å². The SMILES string of the molecule is C#C[C@H](NC(=O)OC(C)(C)C)C(O)CN=[N+]=[N-]. The Morgan fingerprint density at radius 2 is 2.29 bits per heavy atom. The number of aliphatic hydroxyl groups excluding tert-OH is 1. The van der Waals surface area contributed by atoms with Gasteiger partial charge in [-0.15, -0.1) is 6.42 Å². The molecule has 0 aromatic carbocycles. The van der Waals surface area contributed by atoms with E-state index in [1.54, 1.807) is 20.8 Å². The number of rotatable bonds is 4. The largest absolute Gasteiger partial charge is 0.444 e. The first kappa shape index (κ1) is 15.1. The van der Waals surface area contributed by atoms with Gasteiger partial charge in [0.1, 0.15) is 11.6 Å². The zero-order valence-electron chi connectivity index (χ0n) is 10.0. The van der Waals surface area contributed by atoms with E-state index in [2.05, 4.69) is 21.3 Å². The average molecular weight is 240 g/mol. The van der Waals surface area contributed by atoms with Gasteiger partial charge in [-0.05, 0) is 26.3 Å². The molecule has 1 amide bonds. The van der Waals surface area contributed by atoms with E-state index in [9.17, 15) is 9.90 Å². The normalized spacial score (nSPS) is 13.8. The van der Waals surface area contributed by atoms with Crippen molar-refractivity contribution in [1.29, 1.82) is 0 Å². The van der Waals surface area contributed by atoms with E-state index in [1.807, 2.05) is 0 Å². The lowest BCUT2D eigenvalue weighted by molar-refractivity contribution is 0.0465. The summed E-state index contributed by atoms with van der Waals surface area (Å²) in [5.41, 5.74) is 7.43. The van der Waals surface area contributed by atoms with Crippen LogP contribution in [0.3, 0.4) is 0 Å². The minimum absolute atomic E-state index is 0.221. The van der Waals surface area contributed by atoms with Crippen molar-refractivity contribution < 1.29 is 14.6 Å². The number of nitrogens with one attached hydrogen (secondary N) is 1. The summed E-state index contributed by atoms with van der Waals surface area (Å²) in [5, 5.41) is 15.0. The monoisotopic (exact) mass is 240 g/mol. The van der Waals surface area contributed by atoms with Crippen molar-refractivity contribution in [2.45, 2.75) is 38.5 Å². The molecule has 17 heavy (non-hydrogen) atoms. The van der Waals surface area contributed by atoms with E-state index in [0.717, 1.165) is 0 Å². The van der Waals surface area contributed by atoms with Gasteiger partial charge in [0.25, 0.3) is 0 Å². The molecule has 0 saturated carbocycles. The van der Waals surface area contributed by atoms with Gasteiger partial charge in [0.2, 0.25) is 0 Å². The number of aliphatic hydroxyl groups is 1. The number of alkyl carbamates (subject to hydrolysis) is 1. The number of carbonyl (C=O) groups excluding carboxylic acids is 1. The molecule has 0 bridgehead atoms. The van der Waals surface area contributed by atoms with Crippen LogP contribution in [0, 0.1) is 12.3 Å². The van der Waals surface area contributed by atoms with E-state index >= 15 is 0 Å². The summed E-state index contributed by atoms with van der Waals surface area (Å²) < 4.78 is 4.96. The molecule has 0 aromatic rings. The van der Waals surface area contributed by atoms with Gasteiger partial charge in [-0.3, -0.25) is 0 Å². The fourth-order valence-electron chi connectivity index (χ4n) is 0.909. The molecule has 0 saturated heterocycles. The average Bonchev–Trinajstić information content (AvgIpc) is 2.19. The van der Waals surface area contributed by atoms with Crippen LogP contribution in [0.5, 0.6) is 0 Å². The van der Waals surface area contributed by atoms with E-state index in [-0.39, 0.29) is 6.54 Å². The topological polar surface area (TPSA) is 107 Å². The molecular formula is C10H16N4O3. The predicted molar refractivity (Wildman–Crippen MR) is 62.0 cm³/mol. The molecule has 0 heterocycles. The second-order valence-corrected chi connectivity index (χ2v) is 4.27. The molecule has 0 spiro atoms. The van der Waals surface area contributed by atoms with E-state index < -0.39 is 23.8 Å². The highest BCUT2D eigenvalue weighted by Crippen LogP contribution is 2.07. The summed E-state index contributed by atoms with van der Waals surface area (Å²) in [5.74, 6) is 2.18. The van der Waals surface area contributed by atoms with Crippen molar-refractivity contribution in [3.8, 4) is 12.3 Å². The van der Waals surface area contributed by atoms with Gasteiger partial charge in [-0.25, -0.2) is 4.79 Å². The molecule has 7 nitrogen and oxygen atoms in total. The summed E-state index contributed by atoms with van der Waals surface area (Å²) in [4.78, 5) is 13.8. The van der Waals surface area contributed by atoms with Crippen LogP contribution in [0.4, 0.5) is 4.79 Å². The molecule has 0 fully saturated rings. The Bertz CT molecular complexity index is 350. The van der Waals surface area contributed by atoms with Gasteiger partial charge < -0.3 is 15.2 Å². The Morgan fingerprint density at radius 1 is 1.71 bits per heavy atom. The zero-order valence-corrected chi connectivity index (χ0v) is 10.0. The highest BCUT2D eigenvalue weighted by Gasteiger charge is 2.22. The van der Waals surface area contributed by atoms with Gasteiger partial charge in [-0.1, -0.05) is 11.0 Å². The Labute approximate surface area is 99.8 Å². The fraction of sp³-hybridized carbons (Fsp3) is 0.700. The Kier molecular flexibility index (Phi) is 5.89. The summed E-state index contributed by atoms with van der Waals surface area (Å²) in [6.07, 6.45) is 3.26. The number of hydrogen-bond donors (Lipinski definition) is 2. The minimum Gasteiger partial charge on any atom is -0.444 e. The number of ether oxygens (including phenoxy) is 1. The lowest BCUT2D eigenvalue weighted by Gasteiger charge is -2.23. The first-order valence-corrected chi connectivity index (χ1v) is 4.94. The number of terminal acetylenes is 1. The van der Waals surface area contributed by atoms with Crippen LogP contribution in [-0.4, -0.2) is 35.5 Å². The smallest absolute Gasteiger partial charge is 0.408 e. The van der Waals surface area contributed by atoms with Gasteiger partial charge >= 0.3 is 6.09 Å². The number of azide groups is 1. The summed E-state index contributed by atoms with van der Waals surface area (Å²) in [6.45, 7) is 4.89. The van der Waals surface area contributed by atoms with Crippen LogP contribution in [0.1, 0.15) is 20.8 Å². The highest BCUT2D eigenvalue weighted by atomic mass is 16.6. The third-order valence-electron chi connectivity index (χ3n) is 1.57. The number of hydrogen-bond acceptors (Lipinski definition) is 4. The molecule has 0 aliphatic heterocycles. The lowest BCUT2D eigenvalue weighted by Crippen LogP contribution is -2.45. The van der Waals surface area contributed by atoms with Gasteiger partial charge in [-0.2, -0.15) is 0 Å². The third kappa shape index (κ3) is 7.06. The van der Waals surface area contributed by atoms with Crippen LogP contribution in [-0.2, 0) is 4.74 Å². The standard InChI is InChI=1S/C10H16N4O3/c1-5-7(8(15)6-12-14-11)13-9(16)17-10(2,3)4/h1,7-8,15H,6H2,2-4H3,(H,13,16)/t7-,8?/m0/s1. The van der Waals surface area contributed by atoms with Crippen LogP contribution in [0.15, 0.2) is 5.11 Å². The predicted octanol–water partition coefficient (Wildman–Crippen LogP) is 1.18. The summed E-state index contributed by atoms with van der Waals surface area (Å²) >= 11 is 0. The quantitative estimate of drug-likeness (QED) is 0.333. The first-order valence-electron chi connectivity index (χ1n) is 4.94. The zero-order chi connectivity index (χ0) is 13.5. The Morgan fingerprint density at radius 3 is 2.71 bits per heavy atom. The fourth-order valence-corrected chi connectivity index (χ4v) is 0.909. The van der Waals surface area contributed by atoms with Crippen LogP contribution in [0.2, 0.25) is 0 Å². The number of carbonyl (C=O) groups is 1. The molecule has 1 unspecified atom stereocenters. The van der Waals surface area contributed by atoms with E-state index in [4.69, 9.17) is 16.7 Å². The lowest BCUT2D eigenvalue weighted by atomic mass is 10.1. The molecule has 94 valence electrons. The van der Waals surface area contributed by atoms with Crippen molar-refractivity contribution in [2.75, 3.05) is 6.54 Å². The van der Waals surface area contributed by atoms with E-state index in [1.165, 1.54) is 0 Å². The maximum absolute atomic E-state index is 11.4. The van der Waals surface area contributed by atoms with Crippen LogP contribution < -0.4 is 5.32 Å². The van der Waals surface area contributed by atoms with Crippen LogP contribution >= 0.6 is 0 Å². The Balaban J connectivity index is 4.36. The van der Waals surface area contributed by atoms with E-state index in [0.29, 0.717) is 0 Å². The number of amides is 1. The molecule has 0 aromatic heterocycles. The highest BCUT2D eigenvalue weighted by molar-refractivity contribution is 5.68. The van der Waals surface area contributed by atoms with Crippen molar-refractivity contribution in [2.24, 2.45) is 5.11 Å². The second-order valence-electron chi connectivity index (χ2n) is 4.27. The maximum Gasteiger partial charge on any atom is 0.408 e. The molecule has 2 atom stereocenters. The second kappa shape index (κ2) is 6.63. The molecule has 7 heteroatoms. The van der Waals surface area contributed by atoms with Gasteiger partial charge in [0, 0.05) is 4.91 Å². The molecule has 2 N–H and O–H groups in total.